The molecule has 3 rings (SSSR count). The van der Waals surface area contributed by atoms with Crippen molar-refractivity contribution in [1.29, 1.82) is 0 Å². The molecule has 0 radical (unpaired) electrons. The van der Waals surface area contributed by atoms with Gasteiger partial charge in [0.15, 0.2) is 0 Å². The number of amides is 2. The lowest BCUT2D eigenvalue weighted by molar-refractivity contribution is -0.127. The summed E-state index contributed by atoms with van der Waals surface area (Å²) in [7, 11) is 0. The number of nitrogens with zero attached hydrogens (tertiary/aromatic N) is 2. The average molecular weight is 376 g/mol. The van der Waals surface area contributed by atoms with Crippen LogP contribution in [0.15, 0.2) is 35.4 Å². The number of carbonyl (C=O) groups is 2. The summed E-state index contributed by atoms with van der Waals surface area (Å²) in [5, 5.41) is 3.92. The number of thiazole rings is 1. The molecule has 1 aliphatic rings. The van der Waals surface area contributed by atoms with Gasteiger partial charge in [-0.05, 0) is 31.9 Å². The second-order valence-corrected chi connectivity index (χ2v) is 8.24. The van der Waals surface area contributed by atoms with Gasteiger partial charge >= 0.3 is 0 Å². The minimum absolute atomic E-state index is 0.122. The highest BCUT2D eigenvalue weighted by Crippen LogP contribution is 2.24. The van der Waals surface area contributed by atoms with Crippen molar-refractivity contribution < 1.29 is 9.59 Å². The van der Waals surface area contributed by atoms with Crippen LogP contribution in [0.3, 0.4) is 0 Å². The van der Waals surface area contributed by atoms with E-state index < -0.39 is 0 Å². The Labute approximate surface area is 155 Å². The molecule has 0 saturated carbocycles. The smallest absolute Gasteiger partial charge is 0.252 e. The summed E-state index contributed by atoms with van der Waals surface area (Å²) in [6.07, 6.45) is 3.97. The molecule has 0 aliphatic carbocycles. The van der Waals surface area contributed by atoms with Crippen LogP contribution in [0.5, 0.6) is 0 Å². The normalized spacial score (nSPS) is 13.9. The van der Waals surface area contributed by atoms with Crippen LogP contribution in [0.2, 0.25) is 0 Å². The maximum atomic E-state index is 12.5. The van der Waals surface area contributed by atoms with Crippen molar-refractivity contribution >= 4 is 34.9 Å². The van der Waals surface area contributed by atoms with Crippen LogP contribution >= 0.6 is 23.1 Å². The van der Waals surface area contributed by atoms with Gasteiger partial charge in [0.25, 0.3) is 5.91 Å². The molecule has 2 amide bonds. The predicted molar refractivity (Wildman–Crippen MR) is 101 cm³/mol. The van der Waals surface area contributed by atoms with E-state index in [1.54, 1.807) is 23.6 Å². The quantitative estimate of drug-likeness (QED) is 0.788. The van der Waals surface area contributed by atoms with Crippen LogP contribution in [0.4, 0.5) is 0 Å². The maximum absolute atomic E-state index is 12.5. The van der Waals surface area contributed by atoms with Crippen LogP contribution in [0.1, 0.15) is 33.1 Å². The molecule has 1 fully saturated rings. The molecule has 2 heterocycles. The van der Waals surface area contributed by atoms with Crippen LogP contribution in [0.25, 0.3) is 0 Å². The summed E-state index contributed by atoms with van der Waals surface area (Å²) in [5.74, 6) is 0.402. The van der Waals surface area contributed by atoms with Crippen molar-refractivity contribution in [3.8, 4) is 0 Å². The van der Waals surface area contributed by atoms with Crippen LogP contribution in [-0.2, 0) is 11.3 Å². The third-order valence-corrected chi connectivity index (χ3v) is 6.00. The van der Waals surface area contributed by atoms with E-state index in [4.69, 9.17) is 0 Å². The zero-order valence-corrected chi connectivity index (χ0v) is 15.8. The van der Waals surface area contributed by atoms with E-state index >= 15 is 0 Å². The van der Waals surface area contributed by atoms with Crippen molar-refractivity contribution in [2.45, 2.75) is 31.2 Å². The Morgan fingerprint density at radius 1 is 1.28 bits per heavy atom. The first-order valence-electron chi connectivity index (χ1n) is 8.32. The number of benzene rings is 1. The fourth-order valence-corrected chi connectivity index (χ4v) is 4.41. The Balaban J connectivity index is 1.59. The molecule has 1 aromatic carbocycles. The topological polar surface area (TPSA) is 62.3 Å². The number of likely N-dealkylation sites (tertiary alicyclic amines) is 1. The zero-order valence-electron chi connectivity index (χ0n) is 14.2. The van der Waals surface area contributed by atoms with E-state index in [0.717, 1.165) is 40.7 Å². The number of nitrogens with one attached hydrogen (secondary N) is 1. The fraction of sp³-hybridized carbons (Fsp3) is 0.389. The molecule has 1 saturated heterocycles. The van der Waals surface area contributed by atoms with Gasteiger partial charge in [0.1, 0.15) is 0 Å². The number of hydrogen-bond acceptors (Lipinski definition) is 5. The molecule has 5 nitrogen and oxygen atoms in total. The van der Waals surface area contributed by atoms with Gasteiger partial charge in [-0.2, -0.15) is 0 Å². The molecule has 2 aromatic rings. The SMILES string of the molecule is Cc1ncc(CNC(=O)c2ccccc2SCC(=O)N2CCCC2)s1. The number of aryl methyl sites for hydroxylation is 1. The van der Waals surface area contributed by atoms with Crippen molar-refractivity contribution in [1.82, 2.24) is 15.2 Å². The van der Waals surface area contributed by atoms with Gasteiger partial charge in [0.2, 0.25) is 5.91 Å². The van der Waals surface area contributed by atoms with Crippen LogP contribution in [0, 0.1) is 6.92 Å². The molecule has 1 aliphatic heterocycles. The van der Waals surface area contributed by atoms with Crippen LogP contribution in [-0.4, -0.2) is 40.5 Å². The third-order valence-electron chi connectivity index (χ3n) is 4.03. The standard InChI is InChI=1S/C18H21N3O2S2/c1-13-19-10-14(25-13)11-20-18(23)15-6-2-3-7-16(15)24-12-17(22)21-8-4-5-9-21/h2-3,6-7,10H,4-5,8-9,11-12H2,1H3,(H,20,23). The van der Waals surface area contributed by atoms with E-state index in [1.807, 2.05) is 30.0 Å². The van der Waals surface area contributed by atoms with E-state index in [1.165, 1.54) is 11.8 Å². The number of aromatic nitrogens is 1. The van der Waals surface area contributed by atoms with Crippen molar-refractivity contribution in [3.05, 3.63) is 45.9 Å². The number of rotatable bonds is 6. The van der Waals surface area contributed by atoms with E-state index in [0.29, 0.717) is 17.9 Å². The van der Waals surface area contributed by atoms with Gasteiger partial charge in [-0.3, -0.25) is 9.59 Å². The highest BCUT2D eigenvalue weighted by molar-refractivity contribution is 8.00. The largest absolute Gasteiger partial charge is 0.347 e. The zero-order chi connectivity index (χ0) is 17.6. The van der Waals surface area contributed by atoms with Gasteiger partial charge in [-0.25, -0.2) is 4.98 Å². The van der Waals surface area contributed by atoms with Gasteiger partial charge in [0.05, 0.1) is 22.9 Å². The molecule has 132 valence electrons. The molecule has 0 unspecified atom stereocenters. The highest BCUT2D eigenvalue weighted by Gasteiger charge is 2.19. The highest BCUT2D eigenvalue weighted by atomic mass is 32.2. The molecule has 0 bridgehead atoms. The fourth-order valence-electron chi connectivity index (χ4n) is 2.73. The molecule has 25 heavy (non-hydrogen) atoms. The van der Waals surface area contributed by atoms with E-state index in [2.05, 4.69) is 10.3 Å². The van der Waals surface area contributed by atoms with Gasteiger partial charge in [0, 0.05) is 29.1 Å². The summed E-state index contributed by atoms with van der Waals surface area (Å²) >= 11 is 3.01. The second-order valence-electron chi connectivity index (χ2n) is 5.90. The first-order chi connectivity index (χ1) is 12.1. The Kier molecular flexibility index (Phi) is 6.09. The van der Waals surface area contributed by atoms with E-state index in [-0.39, 0.29) is 11.8 Å². The Morgan fingerprint density at radius 3 is 2.76 bits per heavy atom. The van der Waals surface area contributed by atoms with Crippen LogP contribution < -0.4 is 5.32 Å². The van der Waals surface area contributed by atoms with Crippen molar-refractivity contribution in [2.75, 3.05) is 18.8 Å². The van der Waals surface area contributed by atoms with Gasteiger partial charge < -0.3 is 10.2 Å². The summed E-state index contributed by atoms with van der Waals surface area (Å²) in [4.78, 5) is 32.7. The minimum Gasteiger partial charge on any atom is -0.347 e. The lowest BCUT2D eigenvalue weighted by Crippen LogP contribution is -2.29. The monoisotopic (exact) mass is 375 g/mol. The lowest BCUT2D eigenvalue weighted by atomic mass is 10.2. The summed E-state index contributed by atoms with van der Waals surface area (Å²) in [5.41, 5.74) is 0.614. The average Bonchev–Trinajstić information content (AvgIpc) is 3.29. The summed E-state index contributed by atoms with van der Waals surface area (Å²) in [6.45, 7) is 4.13. The van der Waals surface area contributed by atoms with E-state index in [9.17, 15) is 9.59 Å². The predicted octanol–water partition coefficient (Wildman–Crippen LogP) is 3.10. The number of carbonyl (C=O) groups excluding carboxylic acids is 2. The molecule has 0 spiro atoms. The first-order valence-corrected chi connectivity index (χ1v) is 10.1. The Morgan fingerprint density at radius 2 is 2.04 bits per heavy atom. The number of hydrogen-bond donors (Lipinski definition) is 1. The van der Waals surface area contributed by atoms with Gasteiger partial charge in [-0.15, -0.1) is 23.1 Å². The molecular formula is C18H21N3O2S2. The molecule has 7 heteroatoms. The lowest BCUT2D eigenvalue weighted by Gasteiger charge is -2.15. The minimum atomic E-state index is -0.122. The molecule has 1 aromatic heterocycles. The molecule has 1 N–H and O–H groups in total. The molecular weight excluding hydrogens is 354 g/mol. The maximum Gasteiger partial charge on any atom is 0.252 e. The van der Waals surface area contributed by atoms with Gasteiger partial charge in [-0.1, -0.05) is 12.1 Å². The van der Waals surface area contributed by atoms with Crippen molar-refractivity contribution in [2.24, 2.45) is 0 Å². The Bertz CT molecular complexity index is 754. The van der Waals surface area contributed by atoms with Crippen molar-refractivity contribution in [3.63, 3.8) is 0 Å². The third kappa shape index (κ3) is 4.83. The Hall–Kier alpha value is -1.86. The molecule has 0 atom stereocenters. The summed E-state index contributed by atoms with van der Waals surface area (Å²) < 4.78 is 0. The number of thioether (sulfide) groups is 1. The summed E-state index contributed by atoms with van der Waals surface area (Å²) in [6, 6.07) is 7.44. The first kappa shape index (κ1) is 17.9. The second kappa shape index (κ2) is 8.49.